The second kappa shape index (κ2) is 8.70. The van der Waals surface area contributed by atoms with Crippen molar-refractivity contribution < 1.29 is 18.0 Å². The van der Waals surface area contributed by atoms with E-state index in [9.17, 15) is 18.0 Å². The first kappa shape index (κ1) is 21.4. The number of para-hydroxylation sites is 2. The Morgan fingerprint density at radius 3 is 2.58 bits per heavy atom. The van der Waals surface area contributed by atoms with Crippen LogP contribution in [0.2, 0.25) is 0 Å². The third kappa shape index (κ3) is 5.07. The minimum atomic E-state index is -4.49. The van der Waals surface area contributed by atoms with E-state index in [1.165, 1.54) is 4.57 Å². The highest BCUT2D eigenvalue weighted by Gasteiger charge is 2.38. The number of hydrogen-bond donors (Lipinski definition) is 1. The standard InChI is InChI=1S/C23H25F3N4O/c1-16-5-4-6-18(13-16)27-21(31)15-29-11-9-17(10-12-29)14-30-20-8-3-2-7-19(20)28-22(30)23(24,25)26/h2-8,13,17H,9-12,14-15H2,1H3,(H,27,31). The van der Waals surface area contributed by atoms with E-state index in [1.807, 2.05) is 31.2 Å². The number of carbonyl (C=O) groups excluding carboxylic acids is 1. The highest BCUT2D eigenvalue weighted by Crippen LogP contribution is 2.33. The molecule has 1 fully saturated rings. The lowest BCUT2D eigenvalue weighted by Crippen LogP contribution is -2.40. The first-order chi connectivity index (χ1) is 14.8. The van der Waals surface area contributed by atoms with E-state index in [4.69, 9.17) is 0 Å². The molecule has 1 N–H and O–H groups in total. The van der Waals surface area contributed by atoms with Crippen LogP contribution < -0.4 is 5.32 Å². The van der Waals surface area contributed by atoms with Crippen molar-refractivity contribution in [2.45, 2.75) is 32.5 Å². The number of hydrogen-bond acceptors (Lipinski definition) is 3. The highest BCUT2D eigenvalue weighted by atomic mass is 19.4. The van der Waals surface area contributed by atoms with Gasteiger partial charge in [-0.1, -0.05) is 24.3 Å². The first-order valence-corrected chi connectivity index (χ1v) is 10.4. The van der Waals surface area contributed by atoms with Crippen LogP contribution in [-0.2, 0) is 17.5 Å². The molecule has 0 saturated carbocycles. The summed E-state index contributed by atoms with van der Waals surface area (Å²) in [4.78, 5) is 18.2. The van der Waals surface area contributed by atoms with Gasteiger partial charge in [-0.2, -0.15) is 13.2 Å². The number of rotatable bonds is 5. The smallest absolute Gasteiger partial charge is 0.325 e. The molecule has 0 atom stereocenters. The maximum atomic E-state index is 13.5. The maximum absolute atomic E-state index is 13.5. The first-order valence-electron chi connectivity index (χ1n) is 10.4. The van der Waals surface area contributed by atoms with Gasteiger partial charge in [-0.3, -0.25) is 9.69 Å². The minimum Gasteiger partial charge on any atom is -0.325 e. The summed E-state index contributed by atoms with van der Waals surface area (Å²) in [6.07, 6.45) is -3.02. The molecular weight excluding hydrogens is 405 g/mol. The number of halogens is 3. The van der Waals surface area contributed by atoms with Crippen LogP contribution in [0.4, 0.5) is 18.9 Å². The molecule has 0 aliphatic carbocycles. The summed E-state index contributed by atoms with van der Waals surface area (Å²) in [5.41, 5.74) is 2.71. The number of nitrogens with one attached hydrogen (secondary N) is 1. The zero-order chi connectivity index (χ0) is 22.0. The Hall–Kier alpha value is -2.87. The molecule has 1 saturated heterocycles. The number of benzene rings is 2. The highest BCUT2D eigenvalue weighted by molar-refractivity contribution is 5.92. The molecular formula is C23H25F3N4O. The lowest BCUT2D eigenvalue weighted by Gasteiger charge is -2.32. The molecule has 1 aromatic heterocycles. The van der Waals surface area contributed by atoms with Crippen LogP contribution in [-0.4, -0.2) is 40.0 Å². The number of anilines is 1. The molecule has 31 heavy (non-hydrogen) atoms. The molecule has 3 aromatic rings. The summed E-state index contributed by atoms with van der Waals surface area (Å²) in [5.74, 6) is -0.813. The fraction of sp³-hybridized carbons (Fsp3) is 0.391. The summed E-state index contributed by atoms with van der Waals surface area (Å²) < 4.78 is 41.8. The van der Waals surface area contributed by atoms with Gasteiger partial charge in [0.1, 0.15) is 0 Å². The van der Waals surface area contributed by atoms with E-state index < -0.39 is 12.0 Å². The van der Waals surface area contributed by atoms with Gasteiger partial charge >= 0.3 is 6.18 Å². The lowest BCUT2D eigenvalue weighted by atomic mass is 9.96. The molecule has 5 nitrogen and oxygen atoms in total. The molecule has 0 spiro atoms. The van der Waals surface area contributed by atoms with Gasteiger partial charge in [0.15, 0.2) is 0 Å². The van der Waals surface area contributed by atoms with E-state index in [-0.39, 0.29) is 24.9 Å². The number of amides is 1. The number of carbonyl (C=O) groups is 1. The number of aryl methyl sites for hydroxylation is 1. The second-order valence-electron chi connectivity index (χ2n) is 8.17. The molecule has 1 amide bonds. The van der Waals surface area contributed by atoms with E-state index >= 15 is 0 Å². The Bertz CT molecular complexity index is 1070. The maximum Gasteiger partial charge on any atom is 0.449 e. The Morgan fingerprint density at radius 2 is 1.87 bits per heavy atom. The van der Waals surface area contributed by atoms with Gasteiger partial charge in [0, 0.05) is 12.2 Å². The van der Waals surface area contributed by atoms with Crippen LogP contribution in [0.25, 0.3) is 11.0 Å². The van der Waals surface area contributed by atoms with Crippen LogP contribution in [0.5, 0.6) is 0 Å². The van der Waals surface area contributed by atoms with Gasteiger partial charge in [-0.25, -0.2) is 4.98 Å². The van der Waals surface area contributed by atoms with Gasteiger partial charge < -0.3 is 9.88 Å². The van der Waals surface area contributed by atoms with E-state index in [2.05, 4.69) is 15.2 Å². The van der Waals surface area contributed by atoms with Gasteiger partial charge in [0.25, 0.3) is 0 Å². The lowest BCUT2D eigenvalue weighted by molar-refractivity contribution is -0.147. The van der Waals surface area contributed by atoms with E-state index in [0.717, 1.165) is 24.1 Å². The van der Waals surface area contributed by atoms with E-state index in [1.54, 1.807) is 24.3 Å². The van der Waals surface area contributed by atoms with Crippen molar-refractivity contribution in [3.05, 3.63) is 59.9 Å². The summed E-state index contributed by atoms with van der Waals surface area (Å²) in [6.45, 7) is 3.88. The monoisotopic (exact) mass is 430 g/mol. The number of imidazole rings is 1. The van der Waals surface area contributed by atoms with Gasteiger partial charge in [0.05, 0.1) is 17.6 Å². The van der Waals surface area contributed by atoms with Crippen molar-refractivity contribution in [1.82, 2.24) is 14.5 Å². The van der Waals surface area contributed by atoms with Crippen molar-refractivity contribution in [2.24, 2.45) is 5.92 Å². The molecule has 4 rings (SSSR count). The molecule has 2 heterocycles. The number of aromatic nitrogens is 2. The molecule has 0 radical (unpaired) electrons. The third-order valence-corrected chi connectivity index (χ3v) is 5.73. The second-order valence-corrected chi connectivity index (χ2v) is 8.17. The quantitative estimate of drug-likeness (QED) is 0.638. The molecule has 2 aromatic carbocycles. The number of piperidine rings is 1. The molecule has 164 valence electrons. The van der Waals surface area contributed by atoms with E-state index in [0.29, 0.717) is 24.1 Å². The van der Waals surface area contributed by atoms with Crippen molar-refractivity contribution in [3.63, 3.8) is 0 Å². The average molecular weight is 430 g/mol. The average Bonchev–Trinajstić information content (AvgIpc) is 3.08. The van der Waals surface area contributed by atoms with Gasteiger partial charge in [0.2, 0.25) is 11.7 Å². The number of alkyl halides is 3. The Morgan fingerprint density at radius 1 is 1.13 bits per heavy atom. The van der Waals surface area contributed by atoms with Crippen molar-refractivity contribution in [1.29, 1.82) is 0 Å². The topological polar surface area (TPSA) is 50.2 Å². The van der Waals surface area contributed by atoms with Crippen LogP contribution in [0, 0.1) is 12.8 Å². The summed E-state index contributed by atoms with van der Waals surface area (Å²) in [6, 6.07) is 14.3. The summed E-state index contributed by atoms with van der Waals surface area (Å²) in [5, 5.41) is 2.90. The zero-order valence-electron chi connectivity index (χ0n) is 17.3. The predicted molar refractivity (Wildman–Crippen MR) is 114 cm³/mol. The Balaban J connectivity index is 1.36. The fourth-order valence-corrected chi connectivity index (χ4v) is 4.19. The Labute approximate surface area is 178 Å². The molecule has 1 aliphatic rings. The van der Waals surface area contributed by atoms with Gasteiger partial charge in [-0.15, -0.1) is 0 Å². The summed E-state index contributed by atoms with van der Waals surface area (Å²) >= 11 is 0. The third-order valence-electron chi connectivity index (χ3n) is 5.73. The molecule has 0 bridgehead atoms. The van der Waals surface area contributed by atoms with Crippen LogP contribution >= 0.6 is 0 Å². The van der Waals surface area contributed by atoms with Crippen LogP contribution in [0.3, 0.4) is 0 Å². The SMILES string of the molecule is Cc1cccc(NC(=O)CN2CCC(Cn3c(C(F)(F)F)nc4ccccc43)CC2)c1. The van der Waals surface area contributed by atoms with Crippen molar-refractivity contribution in [3.8, 4) is 0 Å². The largest absolute Gasteiger partial charge is 0.449 e. The predicted octanol–water partition coefficient (Wildman–Crippen LogP) is 4.71. The zero-order valence-corrected chi connectivity index (χ0v) is 17.3. The molecule has 1 aliphatic heterocycles. The van der Waals surface area contributed by atoms with Crippen molar-refractivity contribution in [2.75, 3.05) is 25.0 Å². The number of fused-ring (bicyclic) bond motifs is 1. The Kier molecular flexibility index (Phi) is 6.00. The normalized spacial score (nSPS) is 16.0. The van der Waals surface area contributed by atoms with Gasteiger partial charge in [-0.05, 0) is 68.6 Å². The molecule has 0 unspecified atom stereocenters. The summed E-state index contributed by atoms with van der Waals surface area (Å²) in [7, 11) is 0. The number of likely N-dealkylation sites (tertiary alicyclic amines) is 1. The fourth-order valence-electron chi connectivity index (χ4n) is 4.19. The minimum absolute atomic E-state index is 0.0796. The van der Waals surface area contributed by atoms with Crippen LogP contribution in [0.15, 0.2) is 48.5 Å². The number of nitrogens with zero attached hydrogens (tertiary/aromatic N) is 3. The van der Waals surface area contributed by atoms with Crippen LogP contribution in [0.1, 0.15) is 24.2 Å². The van der Waals surface area contributed by atoms with Crippen molar-refractivity contribution >= 4 is 22.6 Å². The molecule has 8 heteroatoms.